The Hall–Kier alpha value is -1.26. The molecule has 12 heavy (non-hydrogen) atoms. The Morgan fingerprint density at radius 1 is 1.58 bits per heavy atom. The predicted molar refractivity (Wildman–Crippen MR) is 39.5 cm³/mol. The minimum absolute atomic E-state index is 0.140. The van der Waals surface area contributed by atoms with E-state index < -0.39 is 12.4 Å². The van der Waals surface area contributed by atoms with E-state index in [4.69, 9.17) is 5.11 Å². The van der Waals surface area contributed by atoms with E-state index in [1.165, 1.54) is 0 Å². The van der Waals surface area contributed by atoms with Gasteiger partial charge in [-0.15, -0.1) is 0 Å². The van der Waals surface area contributed by atoms with E-state index in [1.54, 1.807) is 0 Å². The summed E-state index contributed by atoms with van der Waals surface area (Å²) in [6.07, 6.45) is 0.638. The average Bonchev–Trinajstić information content (AvgIpc) is 2.12. The molecule has 0 bridgehead atoms. The normalized spacial score (nSPS) is 24.0. The Kier molecular flexibility index (Phi) is 2.90. The van der Waals surface area contributed by atoms with Crippen molar-refractivity contribution in [1.29, 1.82) is 0 Å². The molecular formula is C7H11NO4. The van der Waals surface area contributed by atoms with Gasteiger partial charge >= 0.3 is 6.16 Å². The molecule has 5 heteroatoms. The summed E-state index contributed by atoms with van der Waals surface area (Å²) in [5, 5.41) is 10.7. The molecule has 0 aromatic heterocycles. The molecule has 0 aromatic carbocycles. The molecule has 1 unspecified atom stereocenters. The maximum absolute atomic E-state index is 10.9. The lowest BCUT2D eigenvalue weighted by atomic mass is 10.2. The van der Waals surface area contributed by atoms with Crippen molar-refractivity contribution in [2.24, 2.45) is 0 Å². The third-order valence-electron chi connectivity index (χ3n) is 1.69. The van der Waals surface area contributed by atoms with E-state index in [1.807, 2.05) is 0 Å². The standard InChI is InChI=1S/C7H11NO4/c9-5-3-1-2-4-6(8-5)12-7(10)11/h6H,1-4H2,(H,8,9)(H,10,11). The SMILES string of the molecule is O=C1CCCCC(OC(=O)O)N1. The van der Waals surface area contributed by atoms with Crippen LogP contribution in [0, 0.1) is 0 Å². The summed E-state index contributed by atoms with van der Waals surface area (Å²) in [7, 11) is 0. The number of nitrogens with one attached hydrogen (secondary N) is 1. The Balaban J connectivity index is 2.41. The number of carbonyl (C=O) groups excluding carboxylic acids is 1. The molecule has 5 nitrogen and oxygen atoms in total. The van der Waals surface area contributed by atoms with Gasteiger partial charge in [-0.3, -0.25) is 4.79 Å². The average molecular weight is 173 g/mol. The van der Waals surface area contributed by atoms with Crippen molar-refractivity contribution in [3.8, 4) is 0 Å². The first-order chi connectivity index (χ1) is 5.68. The van der Waals surface area contributed by atoms with Crippen LogP contribution >= 0.6 is 0 Å². The van der Waals surface area contributed by atoms with Crippen LogP contribution in [0.3, 0.4) is 0 Å². The van der Waals surface area contributed by atoms with Crippen molar-refractivity contribution < 1.29 is 19.4 Å². The van der Waals surface area contributed by atoms with Gasteiger partial charge in [-0.1, -0.05) is 0 Å². The predicted octanol–water partition coefficient (Wildman–Crippen LogP) is 0.697. The van der Waals surface area contributed by atoms with Gasteiger partial charge in [-0.2, -0.15) is 0 Å². The summed E-state index contributed by atoms with van der Waals surface area (Å²) < 4.78 is 4.43. The Labute approximate surface area is 69.7 Å². The lowest BCUT2D eigenvalue weighted by Gasteiger charge is -2.13. The molecule has 1 heterocycles. The van der Waals surface area contributed by atoms with Crippen molar-refractivity contribution in [2.75, 3.05) is 0 Å². The van der Waals surface area contributed by atoms with E-state index in [0.717, 1.165) is 12.8 Å². The summed E-state index contributed by atoms with van der Waals surface area (Å²) in [5.41, 5.74) is 0. The second-order valence-corrected chi connectivity index (χ2v) is 2.69. The first kappa shape index (κ1) is 8.83. The van der Waals surface area contributed by atoms with Crippen molar-refractivity contribution >= 4 is 12.1 Å². The monoisotopic (exact) mass is 173 g/mol. The van der Waals surface area contributed by atoms with Crippen LogP contribution in [0.1, 0.15) is 25.7 Å². The Morgan fingerprint density at radius 2 is 2.33 bits per heavy atom. The van der Waals surface area contributed by atoms with E-state index >= 15 is 0 Å². The molecule has 0 aliphatic carbocycles. The van der Waals surface area contributed by atoms with Crippen LogP contribution < -0.4 is 5.32 Å². The van der Waals surface area contributed by atoms with Gasteiger partial charge in [-0.05, 0) is 12.8 Å². The maximum atomic E-state index is 10.9. The molecule has 1 rings (SSSR count). The fourth-order valence-corrected chi connectivity index (χ4v) is 1.15. The van der Waals surface area contributed by atoms with E-state index in [9.17, 15) is 9.59 Å². The highest BCUT2D eigenvalue weighted by Gasteiger charge is 2.18. The summed E-state index contributed by atoms with van der Waals surface area (Å²) in [6.45, 7) is 0. The number of rotatable bonds is 1. The van der Waals surface area contributed by atoms with Gasteiger partial charge in [0.1, 0.15) is 0 Å². The second kappa shape index (κ2) is 3.94. The van der Waals surface area contributed by atoms with Crippen LogP contribution in [-0.4, -0.2) is 23.4 Å². The minimum atomic E-state index is -1.35. The topological polar surface area (TPSA) is 75.6 Å². The molecule has 0 radical (unpaired) electrons. The van der Waals surface area contributed by atoms with Gasteiger partial charge in [0.15, 0.2) is 6.23 Å². The molecule has 0 aromatic rings. The van der Waals surface area contributed by atoms with E-state index in [-0.39, 0.29) is 5.91 Å². The van der Waals surface area contributed by atoms with Gasteiger partial charge in [0.05, 0.1) is 0 Å². The van der Waals surface area contributed by atoms with Crippen LogP contribution in [0.25, 0.3) is 0 Å². The number of carbonyl (C=O) groups is 2. The fourth-order valence-electron chi connectivity index (χ4n) is 1.15. The molecule has 1 saturated heterocycles. The lowest BCUT2D eigenvalue weighted by Crippen LogP contribution is -2.36. The molecule has 1 atom stereocenters. The largest absolute Gasteiger partial charge is 0.507 e. The number of hydrogen-bond acceptors (Lipinski definition) is 3. The molecule has 0 spiro atoms. The van der Waals surface area contributed by atoms with Crippen LogP contribution in [0.2, 0.25) is 0 Å². The third kappa shape index (κ3) is 2.77. The maximum Gasteiger partial charge on any atom is 0.507 e. The summed E-state index contributed by atoms with van der Waals surface area (Å²) in [4.78, 5) is 21.0. The van der Waals surface area contributed by atoms with Gasteiger partial charge < -0.3 is 15.2 Å². The molecule has 1 amide bonds. The van der Waals surface area contributed by atoms with Crippen LogP contribution in [0.4, 0.5) is 4.79 Å². The first-order valence-electron chi connectivity index (χ1n) is 3.87. The molecule has 1 aliphatic rings. The smallest absolute Gasteiger partial charge is 0.450 e. The number of ether oxygens (including phenoxy) is 1. The third-order valence-corrected chi connectivity index (χ3v) is 1.69. The minimum Gasteiger partial charge on any atom is -0.450 e. The molecular weight excluding hydrogens is 162 g/mol. The zero-order valence-electron chi connectivity index (χ0n) is 6.58. The van der Waals surface area contributed by atoms with E-state index in [2.05, 4.69) is 10.1 Å². The fraction of sp³-hybridized carbons (Fsp3) is 0.714. The zero-order valence-corrected chi connectivity index (χ0v) is 6.58. The summed E-state index contributed by atoms with van der Waals surface area (Å²) in [6, 6.07) is 0. The molecule has 0 saturated carbocycles. The summed E-state index contributed by atoms with van der Waals surface area (Å²) >= 11 is 0. The Morgan fingerprint density at radius 3 is 3.00 bits per heavy atom. The molecule has 1 fully saturated rings. The zero-order chi connectivity index (χ0) is 8.97. The highest BCUT2D eigenvalue weighted by Crippen LogP contribution is 2.09. The highest BCUT2D eigenvalue weighted by atomic mass is 16.7. The highest BCUT2D eigenvalue weighted by molar-refractivity contribution is 5.76. The van der Waals surface area contributed by atoms with Gasteiger partial charge in [0, 0.05) is 12.8 Å². The first-order valence-corrected chi connectivity index (χ1v) is 3.87. The lowest BCUT2D eigenvalue weighted by molar-refractivity contribution is -0.123. The number of carboxylic acid groups (broad SMARTS) is 1. The quantitative estimate of drug-likeness (QED) is 0.572. The van der Waals surface area contributed by atoms with Crippen LogP contribution in [0.15, 0.2) is 0 Å². The van der Waals surface area contributed by atoms with Crippen LogP contribution in [-0.2, 0) is 9.53 Å². The van der Waals surface area contributed by atoms with E-state index in [0.29, 0.717) is 12.8 Å². The van der Waals surface area contributed by atoms with Gasteiger partial charge in [-0.25, -0.2) is 4.79 Å². The molecule has 2 N–H and O–H groups in total. The molecule has 1 aliphatic heterocycles. The van der Waals surface area contributed by atoms with Crippen molar-refractivity contribution in [3.63, 3.8) is 0 Å². The van der Waals surface area contributed by atoms with Crippen molar-refractivity contribution in [3.05, 3.63) is 0 Å². The number of hydrogen-bond donors (Lipinski definition) is 2. The van der Waals surface area contributed by atoms with Crippen LogP contribution in [0.5, 0.6) is 0 Å². The van der Waals surface area contributed by atoms with Crippen molar-refractivity contribution in [1.82, 2.24) is 5.32 Å². The molecule has 68 valence electrons. The van der Waals surface area contributed by atoms with Crippen molar-refractivity contribution in [2.45, 2.75) is 31.9 Å². The van der Waals surface area contributed by atoms with Gasteiger partial charge in [0.2, 0.25) is 5.91 Å². The second-order valence-electron chi connectivity index (χ2n) is 2.69. The summed E-state index contributed by atoms with van der Waals surface area (Å²) in [5.74, 6) is -0.140. The van der Waals surface area contributed by atoms with Gasteiger partial charge in [0.25, 0.3) is 0 Å². The Bertz CT molecular complexity index is 192. The number of amides is 1.